The highest BCUT2D eigenvalue weighted by Crippen LogP contribution is 2.32. The van der Waals surface area contributed by atoms with E-state index in [0.29, 0.717) is 22.5 Å². The Labute approximate surface area is 156 Å². The molecule has 0 spiro atoms. The van der Waals surface area contributed by atoms with Crippen molar-refractivity contribution in [2.75, 3.05) is 6.54 Å². The second-order valence-corrected chi connectivity index (χ2v) is 6.98. The normalized spacial score (nSPS) is 14.9. The molecule has 0 saturated heterocycles. The van der Waals surface area contributed by atoms with Crippen LogP contribution in [0.5, 0.6) is 0 Å². The quantitative estimate of drug-likeness (QED) is 0.719. The zero-order chi connectivity index (χ0) is 19.0. The van der Waals surface area contributed by atoms with Crippen molar-refractivity contribution in [3.05, 3.63) is 54.3 Å². The fourth-order valence-corrected chi connectivity index (χ4v) is 3.21. The maximum Gasteiger partial charge on any atom is 0.308 e. The SMILES string of the molecule is CC(CN(C(=O)c1cc(-c2ccco2)nc2ccccc12)C1CC1)C(=O)O. The average Bonchev–Trinajstić information content (AvgIpc) is 3.36. The maximum atomic E-state index is 13.4. The Balaban J connectivity index is 1.79. The standard InChI is InChI=1S/C21H20N2O4/c1-13(21(25)26)12-23(14-8-9-14)20(24)16-11-18(19-7-4-10-27-19)22-17-6-3-2-5-15(16)17/h2-7,10-11,13-14H,8-9,12H2,1H3,(H,25,26). The van der Waals surface area contributed by atoms with E-state index in [1.807, 2.05) is 24.3 Å². The van der Waals surface area contributed by atoms with Gasteiger partial charge < -0.3 is 14.4 Å². The number of pyridine rings is 1. The van der Waals surface area contributed by atoms with E-state index >= 15 is 0 Å². The van der Waals surface area contributed by atoms with Crippen molar-refractivity contribution < 1.29 is 19.1 Å². The summed E-state index contributed by atoms with van der Waals surface area (Å²) in [6.45, 7) is 1.83. The van der Waals surface area contributed by atoms with E-state index in [0.717, 1.165) is 18.2 Å². The van der Waals surface area contributed by atoms with Crippen LogP contribution in [0.4, 0.5) is 0 Å². The predicted octanol–water partition coefficient (Wildman–Crippen LogP) is 3.82. The number of nitrogens with zero attached hydrogens (tertiary/aromatic N) is 2. The molecular formula is C21H20N2O4. The van der Waals surface area contributed by atoms with Gasteiger partial charge in [0.05, 0.1) is 23.3 Å². The van der Waals surface area contributed by atoms with E-state index in [9.17, 15) is 14.7 Å². The molecule has 1 saturated carbocycles. The number of aromatic nitrogens is 1. The first kappa shape index (κ1) is 17.3. The largest absolute Gasteiger partial charge is 0.481 e. The van der Waals surface area contributed by atoms with Crippen LogP contribution in [0, 0.1) is 5.92 Å². The van der Waals surface area contributed by atoms with E-state index < -0.39 is 11.9 Å². The summed E-state index contributed by atoms with van der Waals surface area (Å²) in [4.78, 5) is 31.0. The molecule has 1 aromatic carbocycles. The lowest BCUT2D eigenvalue weighted by atomic mass is 10.0. The third kappa shape index (κ3) is 3.43. The topological polar surface area (TPSA) is 83.6 Å². The molecule has 6 nitrogen and oxygen atoms in total. The van der Waals surface area contributed by atoms with Crippen molar-refractivity contribution in [2.45, 2.75) is 25.8 Å². The van der Waals surface area contributed by atoms with Crippen LogP contribution in [0.1, 0.15) is 30.1 Å². The smallest absolute Gasteiger partial charge is 0.308 e. The summed E-state index contributed by atoms with van der Waals surface area (Å²) in [5.74, 6) is -1.08. The highest BCUT2D eigenvalue weighted by atomic mass is 16.4. The second kappa shape index (κ2) is 6.87. The van der Waals surface area contributed by atoms with Crippen LogP contribution in [0.15, 0.2) is 53.1 Å². The van der Waals surface area contributed by atoms with Crippen molar-refractivity contribution in [3.8, 4) is 11.5 Å². The Hall–Kier alpha value is -3.15. The van der Waals surface area contributed by atoms with Crippen molar-refractivity contribution in [2.24, 2.45) is 5.92 Å². The average molecular weight is 364 g/mol. The van der Waals surface area contributed by atoms with Gasteiger partial charge in [0.2, 0.25) is 0 Å². The molecule has 6 heteroatoms. The lowest BCUT2D eigenvalue weighted by molar-refractivity contribution is -0.141. The number of para-hydroxylation sites is 1. The number of fused-ring (bicyclic) bond motifs is 1. The molecule has 0 aliphatic heterocycles. The van der Waals surface area contributed by atoms with Crippen LogP contribution in [0.25, 0.3) is 22.4 Å². The van der Waals surface area contributed by atoms with Gasteiger partial charge in [-0.1, -0.05) is 25.1 Å². The molecule has 0 bridgehead atoms. The zero-order valence-corrected chi connectivity index (χ0v) is 15.0. The minimum absolute atomic E-state index is 0.110. The molecule has 1 atom stereocenters. The summed E-state index contributed by atoms with van der Waals surface area (Å²) in [5.41, 5.74) is 1.82. The molecule has 2 aromatic heterocycles. The Kier molecular flexibility index (Phi) is 4.39. The van der Waals surface area contributed by atoms with Gasteiger partial charge in [-0.3, -0.25) is 9.59 Å². The van der Waals surface area contributed by atoms with Crippen molar-refractivity contribution in [3.63, 3.8) is 0 Å². The number of aliphatic carboxylic acids is 1. The first-order chi connectivity index (χ1) is 13.0. The highest BCUT2D eigenvalue weighted by Gasteiger charge is 2.35. The van der Waals surface area contributed by atoms with E-state index in [-0.39, 0.29) is 18.5 Å². The number of amides is 1. The van der Waals surface area contributed by atoms with Crippen LogP contribution in [-0.2, 0) is 4.79 Å². The van der Waals surface area contributed by atoms with Crippen LogP contribution in [-0.4, -0.2) is 39.5 Å². The van der Waals surface area contributed by atoms with Gasteiger partial charge in [-0.05, 0) is 37.1 Å². The fraction of sp³-hybridized carbons (Fsp3) is 0.286. The summed E-state index contributed by atoms with van der Waals surface area (Å²) >= 11 is 0. The Bertz CT molecular complexity index is 993. The van der Waals surface area contributed by atoms with E-state index in [4.69, 9.17) is 4.42 Å². The molecule has 1 amide bonds. The minimum atomic E-state index is -0.899. The molecule has 2 heterocycles. The minimum Gasteiger partial charge on any atom is -0.481 e. The van der Waals surface area contributed by atoms with Gasteiger partial charge in [0.15, 0.2) is 5.76 Å². The molecule has 4 rings (SSSR count). The van der Waals surface area contributed by atoms with Crippen LogP contribution < -0.4 is 0 Å². The first-order valence-electron chi connectivity index (χ1n) is 9.02. The fourth-order valence-electron chi connectivity index (χ4n) is 3.21. The number of hydrogen-bond acceptors (Lipinski definition) is 4. The summed E-state index contributed by atoms with van der Waals surface area (Å²) in [6, 6.07) is 12.9. The van der Waals surface area contributed by atoms with Crippen LogP contribution in [0.2, 0.25) is 0 Å². The highest BCUT2D eigenvalue weighted by molar-refractivity contribution is 6.07. The van der Waals surface area contributed by atoms with Gasteiger partial charge in [-0.25, -0.2) is 4.98 Å². The molecule has 1 unspecified atom stereocenters. The number of carbonyl (C=O) groups excluding carboxylic acids is 1. The van der Waals surface area contributed by atoms with Crippen molar-refractivity contribution in [1.82, 2.24) is 9.88 Å². The number of carbonyl (C=O) groups is 2. The summed E-state index contributed by atoms with van der Waals surface area (Å²) in [5, 5.41) is 10.0. The van der Waals surface area contributed by atoms with Crippen molar-refractivity contribution >= 4 is 22.8 Å². The first-order valence-corrected chi connectivity index (χ1v) is 9.02. The molecule has 1 fully saturated rings. The van der Waals surface area contributed by atoms with E-state index in [1.165, 1.54) is 0 Å². The molecular weight excluding hydrogens is 344 g/mol. The second-order valence-electron chi connectivity index (χ2n) is 6.98. The number of benzene rings is 1. The summed E-state index contributed by atoms with van der Waals surface area (Å²) in [6.07, 6.45) is 3.39. The molecule has 3 aromatic rings. The van der Waals surface area contributed by atoms with Crippen LogP contribution in [0.3, 0.4) is 0 Å². The number of rotatable bonds is 6. The third-order valence-corrected chi connectivity index (χ3v) is 4.86. The monoisotopic (exact) mass is 364 g/mol. The third-order valence-electron chi connectivity index (χ3n) is 4.86. The van der Waals surface area contributed by atoms with Gasteiger partial charge in [-0.2, -0.15) is 0 Å². The van der Waals surface area contributed by atoms with Gasteiger partial charge in [0.25, 0.3) is 5.91 Å². The van der Waals surface area contributed by atoms with Crippen molar-refractivity contribution in [1.29, 1.82) is 0 Å². The Morgan fingerprint density at radius 2 is 2.04 bits per heavy atom. The van der Waals surface area contributed by atoms with Gasteiger partial charge >= 0.3 is 5.97 Å². The van der Waals surface area contributed by atoms with E-state index in [1.54, 1.807) is 36.3 Å². The zero-order valence-electron chi connectivity index (χ0n) is 15.0. The van der Waals surface area contributed by atoms with E-state index in [2.05, 4.69) is 4.98 Å². The lowest BCUT2D eigenvalue weighted by Gasteiger charge is -2.25. The predicted molar refractivity (Wildman–Crippen MR) is 100 cm³/mol. The number of furan rings is 1. The Morgan fingerprint density at radius 1 is 1.26 bits per heavy atom. The molecule has 27 heavy (non-hydrogen) atoms. The van der Waals surface area contributed by atoms with Gasteiger partial charge in [0, 0.05) is 18.0 Å². The van der Waals surface area contributed by atoms with Gasteiger partial charge in [0.1, 0.15) is 5.69 Å². The number of hydrogen-bond donors (Lipinski definition) is 1. The molecule has 1 N–H and O–H groups in total. The summed E-state index contributed by atoms with van der Waals surface area (Å²) < 4.78 is 5.45. The number of carboxylic acid groups (broad SMARTS) is 1. The maximum absolute atomic E-state index is 13.4. The molecule has 138 valence electrons. The summed E-state index contributed by atoms with van der Waals surface area (Å²) in [7, 11) is 0. The lowest BCUT2D eigenvalue weighted by Crippen LogP contribution is -2.38. The Morgan fingerprint density at radius 3 is 2.70 bits per heavy atom. The number of carboxylic acids is 1. The molecule has 0 radical (unpaired) electrons. The van der Waals surface area contributed by atoms with Crippen LogP contribution >= 0.6 is 0 Å². The molecule has 1 aliphatic carbocycles. The molecule has 1 aliphatic rings. The van der Waals surface area contributed by atoms with Gasteiger partial charge in [-0.15, -0.1) is 0 Å².